The zero-order valence-corrected chi connectivity index (χ0v) is 26.0. The van der Waals surface area contributed by atoms with Gasteiger partial charge in [0, 0.05) is 12.5 Å². The number of allylic oxidation sites excluding steroid dienone is 3. The summed E-state index contributed by atoms with van der Waals surface area (Å²) in [4.78, 5) is 22.8. The van der Waals surface area contributed by atoms with Gasteiger partial charge in [0.15, 0.2) is 0 Å². The van der Waals surface area contributed by atoms with Gasteiger partial charge in [-0.2, -0.15) is 0 Å². The van der Waals surface area contributed by atoms with Crippen molar-refractivity contribution in [2.24, 2.45) is 0 Å². The summed E-state index contributed by atoms with van der Waals surface area (Å²) in [6, 6.07) is 0. The smallest absolute Gasteiger partial charge is 0.330 e. The molecule has 0 aliphatic heterocycles. The minimum absolute atomic E-state index is 0.0867. The van der Waals surface area contributed by atoms with E-state index in [-0.39, 0.29) is 11.9 Å². The lowest BCUT2D eigenvalue weighted by atomic mass is 10.0. The van der Waals surface area contributed by atoms with Crippen LogP contribution in [0.15, 0.2) is 24.3 Å². The second-order valence-corrected chi connectivity index (χ2v) is 11.2. The van der Waals surface area contributed by atoms with Crippen LogP contribution >= 0.6 is 0 Å². The van der Waals surface area contributed by atoms with Crippen molar-refractivity contribution in [3.63, 3.8) is 0 Å². The molecule has 0 N–H and O–H groups in total. The van der Waals surface area contributed by atoms with Gasteiger partial charge in [-0.1, -0.05) is 160 Å². The van der Waals surface area contributed by atoms with Crippen LogP contribution < -0.4 is 0 Å². The summed E-state index contributed by atoms with van der Waals surface area (Å²) >= 11 is 0. The maximum absolute atomic E-state index is 11.8. The third-order valence-electron chi connectivity index (χ3n) is 7.45. The summed E-state index contributed by atoms with van der Waals surface area (Å²) in [5.41, 5.74) is 0. The van der Waals surface area contributed by atoms with Gasteiger partial charge in [-0.25, -0.2) is 4.79 Å². The zero-order valence-electron chi connectivity index (χ0n) is 26.0. The number of carbonyl (C=O) groups is 2. The second kappa shape index (κ2) is 32.6. The van der Waals surface area contributed by atoms with Crippen LogP contribution in [0, 0.1) is 0 Å². The first-order valence-electron chi connectivity index (χ1n) is 16.8. The molecule has 0 amide bonds. The molecule has 4 nitrogen and oxygen atoms in total. The van der Waals surface area contributed by atoms with Crippen LogP contribution in [0.2, 0.25) is 0 Å². The van der Waals surface area contributed by atoms with E-state index in [2.05, 4.69) is 17.7 Å². The summed E-state index contributed by atoms with van der Waals surface area (Å²) in [6.45, 7) is 2.81. The molecule has 0 radical (unpaired) electrons. The van der Waals surface area contributed by atoms with Crippen molar-refractivity contribution in [1.29, 1.82) is 0 Å². The van der Waals surface area contributed by atoms with E-state index < -0.39 is 0 Å². The topological polar surface area (TPSA) is 52.6 Å². The quantitative estimate of drug-likeness (QED) is 0.0387. The maximum Gasteiger partial charge on any atom is 0.330 e. The van der Waals surface area contributed by atoms with Crippen molar-refractivity contribution in [2.45, 2.75) is 174 Å². The summed E-state index contributed by atoms with van der Waals surface area (Å²) in [5.74, 6) is -0.311. The first-order valence-corrected chi connectivity index (χ1v) is 16.8. The predicted octanol–water partition coefficient (Wildman–Crippen LogP) is 11.0. The first kappa shape index (κ1) is 37.4. The Morgan fingerprint density at radius 3 is 1.46 bits per heavy atom. The van der Waals surface area contributed by atoms with Gasteiger partial charge in [-0.3, -0.25) is 4.79 Å². The molecule has 0 rings (SSSR count). The molecule has 0 atom stereocenters. The summed E-state index contributed by atoms with van der Waals surface area (Å²) in [7, 11) is 1.46. The van der Waals surface area contributed by atoms with Gasteiger partial charge in [0.05, 0.1) is 13.7 Å². The number of methoxy groups -OCH3 is 1. The predicted molar refractivity (Wildman–Crippen MR) is 167 cm³/mol. The summed E-state index contributed by atoms with van der Waals surface area (Å²) in [6.07, 6.45) is 40.1. The molecule has 39 heavy (non-hydrogen) atoms. The molecule has 0 saturated heterocycles. The van der Waals surface area contributed by atoms with Crippen molar-refractivity contribution in [3.05, 3.63) is 24.3 Å². The van der Waals surface area contributed by atoms with Crippen molar-refractivity contribution < 1.29 is 19.1 Å². The highest BCUT2D eigenvalue weighted by atomic mass is 16.5. The molecule has 0 spiro atoms. The minimum atomic E-state index is -0.224. The molecule has 0 aromatic heterocycles. The number of esters is 2. The maximum atomic E-state index is 11.8. The molecular weight excluding hydrogens is 484 g/mol. The van der Waals surface area contributed by atoms with Gasteiger partial charge in [0.2, 0.25) is 0 Å². The molecule has 228 valence electrons. The van der Waals surface area contributed by atoms with E-state index in [1.807, 2.05) is 12.2 Å². The van der Waals surface area contributed by atoms with Crippen molar-refractivity contribution in [2.75, 3.05) is 13.7 Å². The molecule has 0 aromatic carbocycles. The van der Waals surface area contributed by atoms with E-state index in [1.165, 1.54) is 136 Å². The summed E-state index contributed by atoms with van der Waals surface area (Å²) in [5, 5.41) is 0. The average Bonchev–Trinajstić information content (AvgIpc) is 2.94. The van der Waals surface area contributed by atoms with Crippen molar-refractivity contribution in [1.82, 2.24) is 0 Å². The Labute approximate surface area is 242 Å². The van der Waals surface area contributed by atoms with E-state index in [1.54, 1.807) is 6.08 Å². The monoisotopic (exact) mass is 548 g/mol. The van der Waals surface area contributed by atoms with Crippen LogP contribution in [-0.2, 0) is 19.1 Å². The van der Waals surface area contributed by atoms with E-state index in [0.717, 1.165) is 32.1 Å². The fourth-order valence-corrected chi connectivity index (χ4v) is 4.87. The first-order chi connectivity index (χ1) is 19.2. The highest BCUT2D eigenvalue weighted by Crippen LogP contribution is 2.14. The van der Waals surface area contributed by atoms with Crippen molar-refractivity contribution >= 4 is 11.9 Å². The lowest BCUT2D eigenvalue weighted by molar-refractivity contribution is -0.141. The molecule has 0 aliphatic rings. The average molecular weight is 549 g/mol. The molecule has 0 bridgehead atoms. The fourth-order valence-electron chi connectivity index (χ4n) is 4.87. The highest BCUT2D eigenvalue weighted by Gasteiger charge is 2.00. The standard InChI is InChI=1S/C35H64O4/c1-3-4-5-6-7-8-9-10-11-13-17-20-23-26-29-32-35(37)39-33-30-27-24-21-18-15-12-14-16-19-22-25-28-31-34(36)38-2/h23,26,29,32H,3-22,24-25,27-28,30-31,33H2,1-2H3/b26-23+,32-29+. The molecular formula is C35H64O4. The molecule has 0 aromatic rings. The lowest BCUT2D eigenvalue weighted by Gasteiger charge is -2.04. The van der Waals surface area contributed by atoms with Gasteiger partial charge < -0.3 is 9.47 Å². The van der Waals surface area contributed by atoms with Crippen molar-refractivity contribution in [3.8, 4) is 0 Å². The van der Waals surface area contributed by atoms with Crippen LogP contribution in [-0.4, -0.2) is 25.7 Å². The molecule has 0 fully saturated rings. The third-order valence-corrected chi connectivity index (χ3v) is 7.45. The Bertz CT molecular complexity index is 581. The Hall–Kier alpha value is -1.58. The number of hydrogen-bond donors (Lipinski definition) is 0. The SMILES string of the molecule is CCCCCCCCCCCCC/C=C/C=C/C(=O)OCCCCCCCCCCCCCCCC(=O)OC. The fraction of sp³-hybridized carbons (Fsp3) is 0.829. The molecule has 0 heterocycles. The van der Waals surface area contributed by atoms with Crippen LogP contribution in [0.1, 0.15) is 174 Å². The van der Waals surface area contributed by atoms with Gasteiger partial charge in [-0.05, 0) is 25.7 Å². The van der Waals surface area contributed by atoms with Crippen LogP contribution in [0.5, 0.6) is 0 Å². The largest absolute Gasteiger partial charge is 0.469 e. The zero-order chi connectivity index (χ0) is 28.5. The molecule has 0 unspecified atom stereocenters. The van der Waals surface area contributed by atoms with E-state index in [4.69, 9.17) is 4.74 Å². The van der Waals surface area contributed by atoms with Gasteiger partial charge in [-0.15, -0.1) is 0 Å². The second-order valence-electron chi connectivity index (χ2n) is 11.2. The Morgan fingerprint density at radius 1 is 0.538 bits per heavy atom. The molecule has 0 saturated carbocycles. The minimum Gasteiger partial charge on any atom is -0.469 e. The lowest BCUT2D eigenvalue weighted by Crippen LogP contribution is -2.02. The number of carbonyl (C=O) groups excluding carboxylic acids is 2. The van der Waals surface area contributed by atoms with Crippen LogP contribution in [0.4, 0.5) is 0 Å². The summed E-state index contributed by atoms with van der Waals surface area (Å²) < 4.78 is 9.96. The van der Waals surface area contributed by atoms with E-state index in [9.17, 15) is 9.59 Å². The van der Waals surface area contributed by atoms with Gasteiger partial charge in [0.1, 0.15) is 0 Å². The number of rotatable bonds is 30. The Kier molecular flexibility index (Phi) is 31.3. The van der Waals surface area contributed by atoms with Gasteiger partial charge >= 0.3 is 11.9 Å². The van der Waals surface area contributed by atoms with Gasteiger partial charge in [0.25, 0.3) is 0 Å². The normalized spacial score (nSPS) is 11.5. The number of unbranched alkanes of at least 4 members (excludes halogenated alkanes) is 23. The number of hydrogen-bond acceptors (Lipinski definition) is 4. The number of ether oxygens (including phenoxy) is 2. The van der Waals surface area contributed by atoms with Crippen LogP contribution in [0.3, 0.4) is 0 Å². The molecule has 4 heteroatoms. The van der Waals surface area contributed by atoms with Crippen LogP contribution in [0.25, 0.3) is 0 Å². The van der Waals surface area contributed by atoms with E-state index >= 15 is 0 Å². The van der Waals surface area contributed by atoms with E-state index in [0.29, 0.717) is 13.0 Å². The highest BCUT2D eigenvalue weighted by molar-refractivity contribution is 5.82. The third kappa shape index (κ3) is 32.5. The Balaban J connectivity index is 3.30. The molecule has 0 aliphatic carbocycles. The Morgan fingerprint density at radius 2 is 0.974 bits per heavy atom.